The second kappa shape index (κ2) is 11.8. The summed E-state index contributed by atoms with van der Waals surface area (Å²) in [7, 11) is 2.22. The maximum absolute atomic E-state index is 11.5. The van der Waals surface area contributed by atoms with Gasteiger partial charge in [-0.05, 0) is 83.2 Å². The monoisotopic (exact) mass is 534 g/mol. The number of aromatic nitrogens is 4. The molecule has 0 unspecified atom stereocenters. The molecule has 2 N–H and O–H groups in total. The Morgan fingerprint density at radius 2 is 1.76 bits per heavy atom. The highest BCUT2D eigenvalue weighted by Gasteiger charge is 2.28. The van der Waals surface area contributed by atoms with E-state index in [1.807, 2.05) is 37.3 Å². The Morgan fingerprint density at radius 1 is 1.05 bits per heavy atom. The van der Waals surface area contributed by atoms with Gasteiger partial charge < -0.3 is 15.1 Å². The van der Waals surface area contributed by atoms with E-state index >= 15 is 0 Å². The van der Waals surface area contributed by atoms with Crippen LogP contribution in [-0.4, -0.2) is 88.1 Å². The highest BCUT2D eigenvalue weighted by molar-refractivity contribution is 7.99. The van der Waals surface area contributed by atoms with Crippen LogP contribution in [0.15, 0.2) is 40.4 Å². The van der Waals surface area contributed by atoms with Crippen molar-refractivity contribution in [1.29, 1.82) is 0 Å². The maximum Gasteiger partial charge on any atom is 0.196 e. The molecule has 1 aromatic carbocycles. The summed E-state index contributed by atoms with van der Waals surface area (Å²) in [5, 5.41) is 11.4. The van der Waals surface area contributed by atoms with Gasteiger partial charge in [0, 0.05) is 60.9 Å². The van der Waals surface area contributed by atoms with E-state index in [4.69, 9.17) is 9.97 Å². The lowest BCUT2D eigenvalue weighted by molar-refractivity contribution is -0.116. The van der Waals surface area contributed by atoms with Crippen LogP contribution in [0.2, 0.25) is 0 Å². The fourth-order valence-electron chi connectivity index (χ4n) is 5.29. The first-order valence-corrected chi connectivity index (χ1v) is 14.3. The molecule has 0 spiro atoms. The third kappa shape index (κ3) is 6.54. The number of aryl methyl sites for hydroxylation is 1. The molecule has 2 aliphatic rings. The maximum atomic E-state index is 11.5. The van der Waals surface area contributed by atoms with Crippen molar-refractivity contribution in [3.63, 3.8) is 0 Å². The number of nitrogens with one attached hydrogen (secondary N) is 2. The van der Waals surface area contributed by atoms with E-state index in [-0.39, 0.29) is 5.78 Å². The van der Waals surface area contributed by atoms with Gasteiger partial charge >= 0.3 is 0 Å². The summed E-state index contributed by atoms with van der Waals surface area (Å²) in [6.07, 6.45) is 2.97. The van der Waals surface area contributed by atoms with Gasteiger partial charge in [0.05, 0.1) is 0 Å². The molecule has 3 aromatic rings. The summed E-state index contributed by atoms with van der Waals surface area (Å²) in [4.78, 5) is 30.0. The largest absolute Gasteiger partial charge is 0.354 e. The minimum absolute atomic E-state index is 0.164. The first-order valence-electron chi connectivity index (χ1n) is 13.5. The van der Waals surface area contributed by atoms with Gasteiger partial charge in [-0.1, -0.05) is 12.1 Å². The second-order valence-electron chi connectivity index (χ2n) is 10.5. The molecule has 10 heteroatoms. The third-order valence-corrected chi connectivity index (χ3v) is 8.33. The van der Waals surface area contributed by atoms with Crippen LogP contribution in [0.4, 0.5) is 17.5 Å². The van der Waals surface area contributed by atoms with Gasteiger partial charge in [-0.15, -0.1) is 0 Å². The van der Waals surface area contributed by atoms with Crippen LogP contribution in [0.1, 0.15) is 36.6 Å². The molecule has 2 aromatic heterocycles. The zero-order valence-electron chi connectivity index (χ0n) is 22.8. The van der Waals surface area contributed by atoms with E-state index in [9.17, 15) is 4.79 Å². The average Bonchev–Trinajstić information content (AvgIpc) is 3.32. The van der Waals surface area contributed by atoms with Crippen LogP contribution in [0, 0.1) is 13.8 Å². The summed E-state index contributed by atoms with van der Waals surface area (Å²) in [6, 6.07) is 10.8. The van der Waals surface area contributed by atoms with Gasteiger partial charge in [-0.2, -0.15) is 5.10 Å². The number of anilines is 3. The molecule has 0 radical (unpaired) electrons. The number of piperazine rings is 1. The fraction of sp³-hybridized carbons (Fsp3) is 0.500. The number of nitrogens with zero attached hydrogens (tertiary/aromatic N) is 6. The highest BCUT2D eigenvalue weighted by atomic mass is 32.2. The lowest BCUT2D eigenvalue weighted by Gasteiger charge is -2.42. The molecular weight excluding hydrogens is 496 g/mol. The smallest absolute Gasteiger partial charge is 0.196 e. The number of rotatable bonds is 8. The molecule has 202 valence electrons. The number of piperidine rings is 1. The highest BCUT2D eigenvalue weighted by Crippen LogP contribution is 2.33. The standard InChI is InChI=1S/C28H38N8OS/c1-19-17-25(33-32-19)29-26-21(3)27(36-15-13-35(14-16-36)23-9-11-34(4)12-10-23)31-28(30-26)38-24-7-5-22(6-8-24)18-20(2)37/h5-8,17,23H,9-16,18H2,1-4H3,(H2,29,30,31,32,33). The number of benzene rings is 1. The number of ketones is 1. The number of likely N-dealkylation sites (tertiary alicyclic amines) is 1. The summed E-state index contributed by atoms with van der Waals surface area (Å²) in [5.41, 5.74) is 3.04. The van der Waals surface area contributed by atoms with Gasteiger partial charge in [-0.3, -0.25) is 14.8 Å². The predicted octanol–water partition coefficient (Wildman–Crippen LogP) is 4.06. The average molecular weight is 535 g/mol. The van der Waals surface area contributed by atoms with Crippen molar-refractivity contribution < 1.29 is 4.79 Å². The van der Waals surface area contributed by atoms with E-state index in [0.29, 0.717) is 17.6 Å². The Balaban J connectivity index is 1.36. The van der Waals surface area contributed by atoms with Crippen LogP contribution in [-0.2, 0) is 11.2 Å². The Bertz CT molecular complexity index is 1240. The number of carbonyl (C=O) groups is 1. The van der Waals surface area contributed by atoms with Crippen molar-refractivity contribution in [2.45, 2.75) is 56.1 Å². The summed E-state index contributed by atoms with van der Waals surface area (Å²) >= 11 is 1.54. The molecule has 4 heterocycles. The van der Waals surface area contributed by atoms with E-state index in [1.165, 1.54) is 37.7 Å². The number of carbonyl (C=O) groups excluding carboxylic acids is 1. The molecule has 0 saturated carbocycles. The van der Waals surface area contributed by atoms with Crippen molar-refractivity contribution in [2.24, 2.45) is 0 Å². The second-order valence-corrected chi connectivity index (χ2v) is 11.6. The molecule has 2 saturated heterocycles. The molecule has 38 heavy (non-hydrogen) atoms. The minimum atomic E-state index is 0.164. The van der Waals surface area contributed by atoms with Crippen molar-refractivity contribution in [2.75, 3.05) is 56.5 Å². The molecule has 5 rings (SSSR count). The molecule has 2 fully saturated rings. The minimum Gasteiger partial charge on any atom is -0.354 e. The summed E-state index contributed by atoms with van der Waals surface area (Å²) < 4.78 is 0. The molecule has 9 nitrogen and oxygen atoms in total. The first kappa shape index (κ1) is 26.6. The quantitative estimate of drug-likeness (QED) is 0.415. The molecule has 0 bridgehead atoms. The van der Waals surface area contributed by atoms with Crippen LogP contribution in [0.25, 0.3) is 0 Å². The number of hydrogen-bond acceptors (Lipinski definition) is 9. The fourth-order valence-corrected chi connectivity index (χ4v) is 6.04. The lowest BCUT2D eigenvalue weighted by Crippen LogP contribution is -2.53. The van der Waals surface area contributed by atoms with Crippen molar-refractivity contribution >= 4 is 35.0 Å². The zero-order chi connectivity index (χ0) is 26.6. The van der Waals surface area contributed by atoms with Crippen LogP contribution in [0.5, 0.6) is 0 Å². The van der Waals surface area contributed by atoms with Gasteiger partial charge in [0.25, 0.3) is 0 Å². The van der Waals surface area contributed by atoms with E-state index in [0.717, 1.165) is 65.3 Å². The molecule has 2 aliphatic heterocycles. The van der Waals surface area contributed by atoms with Crippen LogP contribution in [0.3, 0.4) is 0 Å². The third-order valence-electron chi connectivity index (χ3n) is 7.46. The normalized spacial score (nSPS) is 17.6. The first-order chi connectivity index (χ1) is 18.3. The molecular formula is C28H38N8OS. The zero-order valence-corrected chi connectivity index (χ0v) is 23.6. The molecule has 0 amide bonds. The Kier molecular flexibility index (Phi) is 8.30. The molecule has 0 atom stereocenters. The Morgan fingerprint density at radius 3 is 2.39 bits per heavy atom. The van der Waals surface area contributed by atoms with Crippen molar-refractivity contribution in [3.8, 4) is 0 Å². The van der Waals surface area contributed by atoms with E-state index in [1.54, 1.807) is 6.92 Å². The number of H-pyrrole nitrogens is 1. The Hall–Kier alpha value is -2.95. The van der Waals surface area contributed by atoms with Crippen LogP contribution < -0.4 is 10.2 Å². The van der Waals surface area contributed by atoms with E-state index in [2.05, 4.69) is 44.2 Å². The summed E-state index contributed by atoms with van der Waals surface area (Å²) in [6.45, 7) is 12.1. The van der Waals surface area contributed by atoms with Gasteiger partial charge in [0.2, 0.25) is 0 Å². The molecule has 0 aliphatic carbocycles. The topological polar surface area (TPSA) is 93.3 Å². The van der Waals surface area contributed by atoms with Crippen molar-refractivity contribution in [1.82, 2.24) is 30.0 Å². The predicted molar refractivity (Wildman–Crippen MR) is 153 cm³/mol. The number of aromatic amines is 1. The lowest BCUT2D eigenvalue weighted by atomic mass is 10.0. The van der Waals surface area contributed by atoms with E-state index < -0.39 is 0 Å². The van der Waals surface area contributed by atoms with Gasteiger partial charge in [0.15, 0.2) is 11.0 Å². The Labute approximate surface area is 229 Å². The van der Waals surface area contributed by atoms with Gasteiger partial charge in [-0.25, -0.2) is 9.97 Å². The summed E-state index contributed by atoms with van der Waals surface area (Å²) in [5.74, 6) is 2.66. The SMILES string of the molecule is CC(=O)Cc1ccc(Sc2nc(Nc3cc(C)[nH]n3)c(C)c(N3CCN(C4CCN(C)CC4)CC3)n2)cc1. The van der Waals surface area contributed by atoms with Crippen LogP contribution >= 0.6 is 11.8 Å². The number of hydrogen-bond donors (Lipinski definition) is 2. The number of Topliss-reactive ketones (excluding diaryl/α,β-unsaturated/α-hetero) is 1. The van der Waals surface area contributed by atoms with Gasteiger partial charge in [0.1, 0.15) is 17.4 Å². The van der Waals surface area contributed by atoms with Crippen molar-refractivity contribution in [3.05, 3.63) is 47.2 Å².